The number of ketones is 1. The van der Waals surface area contributed by atoms with E-state index in [2.05, 4.69) is 15.9 Å². The second-order valence-corrected chi connectivity index (χ2v) is 9.92. The lowest BCUT2D eigenvalue weighted by Gasteiger charge is -2.13. The number of thioether (sulfide) groups is 1. The van der Waals surface area contributed by atoms with Crippen molar-refractivity contribution in [3.8, 4) is 11.5 Å². The molecule has 2 amide bonds. The Morgan fingerprint density at radius 1 is 1.05 bits per heavy atom. The minimum absolute atomic E-state index is 0.0398. The van der Waals surface area contributed by atoms with Crippen LogP contribution in [0.3, 0.4) is 0 Å². The molecule has 1 aliphatic heterocycles. The van der Waals surface area contributed by atoms with Crippen molar-refractivity contribution >= 4 is 56.4 Å². The summed E-state index contributed by atoms with van der Waals surface area (Å²) in [6, 6.07) is 17.9. The highest BCUT2D eigenvalue weighted by molar-refractivity contribution is 9.10. The monoisotopic (exact) mass is 596 g/mol. The molecule has 1 saturated heterocycles. The van der Waals surface area contributed by atoms with Crippen LogP contribution in [-0.4, -0.2) is 39.9 Å². The van der Waals surface area contributed by atoms with Crippen molar-refractivity contribution in [2.45, 2.75) is 13.5 Å². The van der Waals surface area contributed by atoms with Crippen LogP contribution >= 0.6 is 27.7 Å². The molecule has 0 saturated carbocycles. The molecule has 9 nitrogen and oxygen atoms in total. The molecule has 0 aliphatic carbocycles. The number of carbonyl (C=O) groups is 3. The molecule has 0 radical (unpaired) electrons. The number of amides is 2. The fraction of sp³-hybridized carbons (Fsp3) is 0.148. The number of nitro benzene ring substituents is 1. The van der Waals surface area contributed by atoms with Gasteiger partial charge in [-0.1, -0.05) is 46.3 Å². The maximum atomic E-state index is 12.9. The van der Waals surface area contributed by atoms with Crippen molar-refractivity contribution < 1.29 is 28.8 Å². The molecule has 0 spiro atoms. The summed E-state index contributed by atoms with van der Waals surface area (Å²) in [6.07, 6.45) is 1.54. The third-order valence-corrected chi connectivity index (χ3v) is 6.91. The van der Waals surface area contributed by atoms with Crippen molar-refractivity contribution in [2.24, 2.45) is 0 Å². The van der Waals surface area contributed by atoms with Gasteiger partial charge in [-0.15, -0.1) is 0 Å². The largest absolute Gasteiger partial charge is 0.490 e. The van der Waals surface area contributed by atoms with Gasteiger partial charge in [-0.3, -0.25) is 29.4 Å². The van der Waals surface area contributed by atoms with E-state index in [1.165, 1.54) is 6.07 Å². The van der Waals surface area contributed by atoms with Gasteiger partial charge in [-0.25, -0.2) is 0 Å². The van der Waals surface area contributed by atoms with Gasteiger partial charge in [0.2, 0.25) is 0 Å². The maximum absolute atomic E-state index is 12.9. The highest BCUT2D eigenvalue weighted by atomic mass is 79.9. The molecule has 1 fully saturated rings. The van der Waals surface area contributed by atoms with Gasteiger partial charge in [-0.05, 0) is 60.7 Å². The number of imide groups is 1. The van der Waals surface area contributed by atoms with Gasteiger partial charge in [0.05, 0.1) is 28.5 Å². The Kier molecular flexibility index (Phi) is 8.59. The lowest BCUT2D eigenvalue weighted by Crippen LogP contribution is -2.33. The van der Waals surface area contributed by atoms with Gasteiger partial charge < -0.3 is 9.47 Å². The molecule has 0 aromatic heterocycles. The molecule has 0 N–H and O–H groups in total. The highest BCUT2D eigenvalue weighted by Crippen LogP contribution is 2.35. The van der Waals surface area contributed by atoms with E-state index in [-0.39, 0.29) is 29.5 Å². The van der Waals surface area contributed by atoms with Crippen molar-refractivity contribution in [3.63, 3.8) is 0 Å². The van der Waals surface area contributed by atoms with E-state index in [1.54, 1.807) is 73.7 Å². The average molecular weight is 597 g/mol. The number of Topliss-reactive ketones (excluding diaryl/α,β-unsaturated/α-hetero) is 1. The lowest BCUT2D eigenvalue weighted by atomic mass is 10.1. The zero-order valence-electron chi connectivity index (χ0n) is 20.1. The Morgan fingerprint density at radius 3 is 2.50 bits per heavy atom. The van der Waals surface area contributed by atoms with E-state index in [0.29, 0.717) is 34.8 Å². The van der Waals surface area contributed by atoms with Crippen LogP contribution in [0.1, 0.15) is 28.4 Å². The second-order valence-electron chi connectivity index (χ2n) is 8.01. The number of ether oxygens (including phenoxy) is 2. The van der Waals surface area contributed by atoms with Gasteiger partial charge in [0.25, 0.3) is 16.8 Å². The summed E-state index contributed by atoms with van der Waals surface area (Å²) in [5.41, 5.74) is 1.34. The minimum Gasteiger partial charge on any atom is -0.490 e. The summed E-state index contributed by atoms with van der Waals surface area (Å²) in [5.74, 6) is -0.153. The van der Waals surface area contributed by atoms with Crippen LogP contribution in [-0.2, 0) is 11.4 Å². The Hall–Kier alpha value is -3.96. The molecule has 4 rings (SSSR count). The van der Waals surface area contributed by atoms with Crippen molar-refractivity contribution in [1.82, 2.24) is 4.90 Å². The number of hydrogen-bond donors (Lipinski definition) is 0. The molecule has 11 heteroatoms. The Morgan fingerprint density at radius 2 is 1.79 bits per heavy atom. The van der Waals surface area contributed by atoms with Crippen molar-refractivity contribution in [3.05, 3.63) is 103 Å². The summed E-state index contributed by atoms with van der Waals surface area (Å²) < 4.78 is 12.3. The SMILES string of the molecule is CCOc1cc(/C=C2/SC(=O)N(CC(=O)c3ccc(Br)cc3)C2=O)ccc1OCc1ccccc1[N+](=O)[O-]. The zero-order valence-corrected chi connectivity index (χ0v) is 22.5. The molecule has 38 heavy (non-hydrogen) atoms. The molecular formula is C27H21BrN2O7S. The number of benzene rings is 3. The van der Waals surface area contributed by atoms with E-state index in [1.807, 2.05) is 0 Å². The van der Waals surface area contributed by atoms with E-state index in [4.69, 9.17) is 9.47 Å². The predicted molar refractivity (Wildman–Crippen MR) is 146 cm³/mol. The lowest BCUT2D eigenvalue weighted by molar-refractivity contribution is -0.385. The Labute approximate surface area is 230 Å². The van der Waals surface area contributed by atoms with E-state index in [9.17, 15) is 24.5 Å². The molecule has 0 atom stereocenters. The molecule has 1 aliphatic rings. The topological polar surface area (TPSA) is 116 Å². The predicted octanol–water partition coefficient (Wildman–Crippen LogP) is 6.25. The summed E-state index contributed by atoms with van der Waals surface area (Å²) in [4.78, 5) is 49.9. The number of hydrogen-bond acceptors (Lipinski definition) is 8. The van der Waals surface area contributed by atoms with Crippen LogP contribution < -0.4 is 9.47 Å². The van der Waals surface area contributed by atoms with Crippen LogP contribution in [0, 0.1) is 10.1 Å². The average Bonchev–Trinajstić information content (AvgIpc) is 3.16. The van der Waals surface area contributed by atoms with Crippen LogP contribution in [0.4, 0.5) is 10.5 Å². The summed E-state index contributed by atoms with van der Waals surface area (Å²) in [6.45, 7) is 1.74. The molecule has 3 aromatic carbocycles. The van der Waals surface area contributed by atoms with Gasteiger partial charge in [0, 0.05) is 16.1 Å². The molecule has 194 valence electrons. The quantitative estimate of drug-likeness (QED) is 0.117. The minimum atomic E-state index is -0.555. The summed E-state index contributed by atoms with van der Waals surface area (Å²) in [5, 5.41) is 10.7. The number of nitro groups is 1. The van der Waals surface area contributed by atoms with E-state index >= 15 is 0 Å². The van der Waals surface area contributed by atoms with Crippen LogP contribution in [0.25, 0.3) is 6.08 Å². The molecule has 0 bridgehead atoms. The van der Waals surface area contributed by atoms with Gasteiger partial charge in [-0.2, -0.15) is 0 Å². The van der Waals surface area contributed by atoms with Gasteiger partial charge in [0.1, 0.15) is 6.61 Å². The highest BCUT2D eigenvalue weighted by Gasteiger charge is 2.36. The Bertz CT molecular complexity index is 1440. The smallest absolute Gasteiger partial charge is 0.293 e. The summed E-state index contributed by atoms with van der Waals surface area (Å²) >= 11 is 4.06. The molecule has 1 heterocycles. The normalized spacial score (nSPS) is 14.2. The summed E-state index contributed by atoms with van der Waals surface area (Å²) in [7, 11) is 0. The third kappa shape index (κ3) is 6.29. The third-order valence-electron chi connectivity index (χ3n) is 5.48. The van der Waals surface area contributed by atoms with Gasteiger partial charge in [0.15, 0.2) is 17.3 Å². The first-order valence-corrected chi connectivity index (χ1v) is 13.0. The van der Waals surface area contributed by atoms with E-state index in [0.717, 1.165) is 21.1 Å². The number of para-hydroxylation sites is 1. The fourth-order valence-electron chi connectivity index (χ4n) is 3.63. The van der Waals surface area contributed by atoms with Crippen molar-refractivity contribution in [1.29, 1.82) is 0 Å². The van der Waals surface area contributed by atoms with Crippen LogP contribution in [0.15, 0.2) is 76.1 Å². The van der Waals surface area contributed by atoms with Crippen LogP contribution in [0.5, 0.6) is 11.5 Å². The van der Waals surface area contributed by atoms with Gasteiger partial charge >= 0.3 is 0 Å². The van der Waals surface area contributed by atoms with Crippen LogP contribution in [0.2, 0.25) is 0 Å². The molecular weight excluding hydrogens is 576 g/mol. The zero-order chi connectivity index (χ0) is 27.2. The molecule has 0 unspecified atom stereocenters. The number of halogens is 1. The number of nitrogens with zero attached hydrogens (tertiary/aromatic N) is 2. The Balaban J connectivity index is 1.50. The first-order chi connectivity index (χ1) is 18.3. The van der Waals surface area contributed by atoms with Crippen molar-refractivity contribution in [2.75, 3.05) is 13.2 Å². The molecule has 3 aromatic rings. The first kappa shape index (κ1) is 27.1. The second kappa shape index (κ2) is 12.1. The van der Waals surface area contributed by atoms with E-state index < -0.39 is 16.1 Å². The first-order valence-electron chi connectivity index (χ1n) is 11.4. The number of carbonyl (C=O) groups excluding carboxylic acids is 3. The number of rotatable bonds is 10. The fourth-order valence-corrected chi connectivity index (χ4v) is 4.73. The maximum Gasteiger partial charge on any atom is 0.293 e. The standard InChI is InChI=1S/C27H21BrN2O7S/c1-2-36-24-13-17(7-12-23(24)37-16-19-5-3-4-6-21(19)30(34)35)14-25-26(32)29(27(33)38-25)15-22(31)18-8-10-20(28)11-9-18/h3-14H,2,15-16H2,1H3/b25-14+.